The summed E-state index contributed by atoms with van der Waals surface area (Å²) in [7, 11) is 0. The number of nitrogens with zero attached hydrogens (tertiary/aromatic N) is 4. The van der Waals surface area contributed by atoms with E-state index in [9.17, 15) is 9.90 Å². The first-order chi connectivity index (χ1) is 11.1. The Morgan fingerprint density at radius 2 is 2.13 bits per heavy atom. The zero-order chi connectivity index (χ0) is 16.2. The fraction of sp³-hybridized carbons (Fsp3) is 0.312. The molecule has 6 nitrogen and oxygen atoms in total. The van der Waals surface area contributed by atoms with Gasteiger partial charge in [-0.1, -0.05) is 41.9 Å². The van der Waals surface area contributed by atoms with Crippen LogP contribution in [-0.2, 0) is 6.54 Å². The average molecular weight is 333 g/mol. The Balaban J connectivity index is 1.71. The molecule has 2 heterocycles. The first-order valence-corrected chi connectivity index (χ1v) is 7.77. The number of carboxylic acid groups (broad SMARTS) is 1. The predicted molar refractivity (Wildman–Crippen MR) is 87.7 cm³/mol. The molecule has 1 fully saturated rings. The number of hydrogen-bond acceptors (Lipinski definition) is 4. The molecule has 0 aliphatic carbocycles. The molecular weight excluding hydrogens is 316 g/mol. The second kappa shape index (κ2) is 6.93. The van der Waals surface area contributed by atoms with E-state index in [1.165, 1.54) is 22.9 Å². The van der Waals surface area contributed by atoms with Gasteiger partial charge in [-0.25, -0.2) is 9.78 Å². The number of carbonyl (C=O) groups is 1. The number of benzene rings is 1. The number of anilines is 1. The monoisotopic (exact) mass is 332 g/mol. The van der Waals surface area contributed by atoms with Crippen molar-refractivity contribution in [2.24, 2.45) is 0 Å². The molecule has 0 radical (unpaired) electrons. The van der Waals surface area contributed by atoms with Crippen LogP contribution in [0.15, 0.2) is 42.7 Å². The van der Waals surface area contributed by atoms with E-state index in [0.717, 1.165) is 19.5 Å². The van der Waals surface area contributed by atoms with Gasteiger partial charge in [0.05, 0.1) is 18.4 Å². The molecule has 1 atom stereocenters. The average Bonchev–Trinajstić information content (AvgIpc) is 2.96. The smallest absolute Gasteiger partial charge is 0.413 e. The molecule has 7 heteroatoms. The van der Waals surface area contributed by atoms with Crippen molar-refractivity contribution < 1.29 is 9.90 Å². The van der Waals surface area contributed by atoms with Crippen molar-refractivity contribution in [2.45, 2.75) is 19.0 Å². The fourth-order valence-corrected chi connectivity index (χ4v) is 3.04. The van der Waals surface area contributed by atoms with Gasteiger partial charge in [-0.05, 0) is 12.0 Å². The van der Waals surface area contributed by atoms with Crippen LogP contribution in [0.4, 0.5) is 10.6 Å². The van der Waals surface area contributed by atoms with E-state index in [0.29, 0.717) is 6.54 Å². The lowest BCUT2D eigenvalue weighted by atomic mass is 10.2. The summed E-state index contributed by atoms with van der Waals surface area (Å²) in [6.45, 7) is 2.32. The van der Waals surface area contributed by atoms with Crippen molar-refractivity contribution >= 4 is 23.5 Å². The van der Waals surface area contributed by atoms with Crippen LogP contribution < -0.4 is 4.90 Å². The summed E-state index contributed by atoms with van der Waals surface area (Å²) in [6, 6.07) is 10.0. The summed E-state index contributed by atoms with van der Waals surface area (Å²) in [6.07, 6.45) is 2.54. The second-order valence-corrected chi connectivity index (χ2v) is 5.90. The third kappa shape index (κ3) is 3.78. The number of aromatic nitrogens is 2. The summed E-state index contributed by atoms with van der Waals surface area (Å²) in [5.74, 6) is 0.275. The highest BCUT2D eigenvalue weighted by Gasteiger charge is 2.32. The van der Waals surface area contributed by atoms with E-state index >= 15 is 0 Å². The lowest BCUT2D eigenvalue weighted by molar-refractivity contribution is 0.198. The molecule has 1 saturated heterocycles. The van der Waals surface area contributed by atoms with Gasteiger partial charge in [0.2, 0.25) is 0 Å². The molecule has 0 bridgehead atoms. The van der Waals surface area contributed by atoms with Crippen molar-refractivity contribution in [3.63, 3.8) is 0 Å². The lowest BCUT2D eigenvalue weighted by Crippen LogP contribution is -2.42. The summed E-state index contributed by atoms with van der Waals surface area (Å²) < 4.78 is 0. The summed E-state index contributed by atoms with van der Waals surface area (Å²) in [4.78, 5) is 23.2. The van der Waals surface area contributed by atoms with E-state index in [4.69, 9.17) is 11.6 Å². The van der Waals surface area contributed by atoms with Crippen molar-refractivity contribution in [1.82, 2.24) is 14.9 Å². The van der Waals surface area contributed by atoms with Crippen molar-refractivity contribution in [2.75, 3.05) is 18.0 Å². The minimum absolute atomic E-state index is 0.149. The van der Waals surface area contributed by atoms with Crippen LogP contribution >= 0.6 is 11.6 Å². The van der Waals surface area contributed by atoms with Crippen LogP contribution in [0, 0.1) is 0 Å². The van der Waals surface area contributed by atoms with Gasteiger partial charge in [-0.3, -0.25) is 14.8 Å². The second-order valence-electron chi connectivity index (χ2n) is 5.52. The quantitative estimate of drug-likeness (QED) is 0.932. The number of hydrogen-bond donors (Lipinski definition) is 1. The molecule has 1 aliphatic rings. The third-order valence-electron chi connectivity index (χ3n) is 3.91. The van der Waals surface area contributed by atoms with Gasteiger partial charge in [0.25, 0.3) is 0 Å². The molecule has 1 aliphatic heterocycles. The van der Waals surface area contributed by atoms with Crippen molar-refractivity contribution in [3.05, 3.63) is 53.4 Å². The minimum Gasteiger partial charge on any atom is -0.465 e. The van der Waals surface area contributed by atoms with Crippen LogP contribution in [0.25, 0.3) is 0 Å². The molecular formula is C16H17ClN4O2. The van der Waals surface area contributed by atoms with E-state index in [-0.39, 0.29) is 17.0 Å². The fourth-order valence-electron chi connectivity index (χ4n) is 2.90. The zero-order valence-corrected chi connectivity index (χ0v) is 13.2. The SMILES string of the molecule is O=C(O)N(c1cncc(Cl)n1)[C@@H]1CCN(Cc2ccccc2)C1. The Kier molecular flexibility index (Phi) is 4.73. The molecule has 3 rings (SSSR count). The van der Waals surface area contributed by atoms with Crippen molar-refractivity contribution in [3.8, 4) is 0 Å². The number of likely N-dealkylation sites (tertiary alicyclic amines) is 1. The highest BCUT2D eigenvalue weighted by molar-refractivity contribution is 6.29. The van der Waals surface area contributed by atoms with Gasteiger partial charge < -0.3 is 5.11 Å². The Bertz CT molecular complexity index is 683. The molecule has 23 heavy (non-hydrogen) atoms. The molecule has 0 saturated carbocycles. The Labute approximate surface area is 139 Å². The first kappa shape index (κ1) is 15.7. The highest BCUT2D eigenvalue weighted by Crippen LogP contribution is 2.23. The van der Waals surface area contributed by atoms with Crippen LogP contribution in [0.1, 0.15) is 12.0 Å². The van der Waals surface area contributed by atoms with Crippen molar-refractivity contribution in [1.29, 1.82) is 0 Å². The predicted octanol–water partition coefficient (Wildman–Crippen LogP) is 2.89. The van der Waals surface area contributed by atoms with Crippen LogP contribution in [0.3, 0.4) is 0 Å². The van der Waals surface area contributed by atoms with E-state index in [2.05, 4.69) is 27.0 Å². The summed E-state index contributed by atoms with van der Waals surface area (Å²) in [5.41, 5.74) is 1.22. The zero-order valence-electron chi connectivity index (χ0n) is 12.5. The van der Waals surface area contributed by atoms with E-state index < -0.39 is 6.09 Å². The van der Waals surface area contributed by atoms with Gasteiger partial charge in [-0.2, -0.15) is 0 Å². The summed E-state index contributed by atoms with van der Waals surface area (Å²) >= 11 is 5.83. The molecule has 1 N–H and O–H groups in total. The normalized spacial score (nSPS) is 18.0. The van der Waals surface area contributed by atoms with Crippen LogP contribution in [0.5, 0.6) is 0 Å². The van der Waals surface area contributed by atoms with E-state index in [1.807, 2.05) is 18.2 Å². The maximum atomic E-state index is 11.7. The Morgan fingerprint density at radius 3 is 2.83 bits per heavy atom. The van der Waals surface area contributed by atoms with Gasteiger partial charge in [0.1, 0.15) is 5.15 Å². The Hall–Kier alpha value is -2.18. The maximum absolute atomic E-state index is 11.7. The molecule has 0 spiro atoms. The van der Waals surface area contributed by atoms with E-state index in [1.54, 1.807) is 0 Å². The van der Waals surface area contributed by atoms with Gasteiger partial charge in [0, 0.05) is 19.6 Å². The molecule has 1 aromatic heterocycles. The highest BCUT2D eigenvalue weighted by atomic mass is 35.5. The molecule has 0 unspecified atom stereocenters. The molecule has 120 valence electrons. The Morgan fingerprint density at radius 1 is 1.35 bits per heavy atom. The van der Waals surface area contributed by atoms with Gasteiger partial charge in [0.15, 0.2) is 5.82 Å². The largest absolute Gasteiger partial charge is 0.465 e. The van der Waals surface area contributed by atoms with Crippen LogP contribution in [-0.4, -0.2) is 45.2 Å². The topological polar surface area (TPSA) is 69.6 Å². The molecule has 1 aromatic carbocycles. The number of halogens is 1. The summed E-state index contributed by atoms with van der Waals surface area (Å²) in [5, 5.41) is 9.74. The number of amides is 1. The van der Waals surface area contributed by atoms with Crippen LogP contribution in [0.2, 0.25) is 5.15 Å². The first-order valence-electron chi connectivity index (χ1n) is 7.39. The maximum Gasteiger partial charge on any atom is 0.413 e. The standard InChI is InChI=1S/C16H17ClN4O2/c17-14-8-18-9-15(19-14)21(16(22)23)13-6-7-20(11-13)10-12-4-2-1-3-5-12/h1-5,8-9,13H,6-7,10-11H2,(H,22,23)/t13-/m1/s1. The number of rotatable bonds is 4. The van der Waals surface area contributed by atoms with Gasteiger partial charge in [-0.15, -0.1) is 0 Å². The molecule has 1 amide bonds. The minimum atomic E-state index is -1.03. The lowest BCUT2D eigenvalue weighted by Gasteiger charge is -2.25. The molecule has 2 aromatic rings. The third-order valence-corrected chi connectivity index (χ3v) is 4.09. The van der Waals surface area contributed by atoms with Gasteiger partial charge >= 0.3 is 6.09 Å².